The molecule has 1 aliphatic heterocycles. The minimum atomic E-state index is -0.346. The molecule has 1 amide bonds. The van der Waals surface area contributed by atoms with E-state index in [1.807, 2.05) is 0 Å². The van der Waals surface area contributed by atoms with Gasteiger partial charge in [-0.3, -0.25) is 4.79 Å². The van der Waals surface area contributed by atoms with Crippen LogP contribution in [0.1, 0.15) is 0 Å². The van der Waals surface area contributed by atoms with Crippen molar-refractivity contribution in [2.24, 2.45) is 4.99 Å². The molecule has 5 nitrogen and oxygen atoms in total. The quantitative estimate of drug-likeness (QED) is 0.922. The smallest absolute Gasteiger partial charge is 0.236 e. The van der Waals surface area contributed by atoms with Gasteiger partial charge in [-0.2, -0.15) is 4.99 Å². The summed E-state index contributed by atoms with van der Waals surface area (Å²) in [4.78, 5) is 15.2. The van der Waals surface area contributed by atoms with Gasteiger partial charge in [-0.15, -0.1) is 10.2 Å². The highest BCUT2D eigenvalue weighted by atomic mass is 32.2. The summed E-state index contributed by atoms with van der Waals surface area (Å²) in [6.07, 6.45) is 0. The van der Waals surface area contributed by atoms with Crippen molar-refractivity contribution in [3.05, 3.63) is 30.1 Å². The highest BCUT2D eigenvalue weighted by Crippen LogP contribution is 2.30. The molecule has 0 radical (unpaired) electrons. The van der Waals surface area contributed by atoms with Gasteiger partial charge in [0.1, 0.15) is 5.82 Å². The largest absolute Gasteiger partial charge is 0.304 e. The summed E-state index contributed by atoms with van der Waals surface area (Å²) in [7, 11) is 0. The van der Waals surface area contributed by atoms with Crippen molar-refractivity contribution in [2.75, 3.05) is 5.75 Å². The molecule has 96 valence electrons. The molecular weight excluding hydrogens is 287 g/mol. The monoisotopic (exact) mass is 294 g/mol. The fourth-order valence-electron chi connectivity index (χ4n) is 1.48. The Balaban J connectivity index is 1.88. The molecule has 1 aromatic carbocycles. The maximum Gasteiger partial charge on any atom is 0.236 e. The lowest BCUT2D eigenvalue weighted by Crippen LogP contribution is -2.19. The van der Waals surface area contributed by atoms with Crippen LogP contribution in [0.4, 0.5) is 9.52 Å². The molecule has 1 fully saturated rings. The van der Waals surface area contributed by atoms with Crippen molar-refractivity contribution in [3.63, 3.8) is 0 Å². The van der Waals surface area contributed by atoms with E-state index >= 15 is 0 Å². The van der Waals surface area contributed by atoms with Crippen molar-refractivity contribution < 1.29 is 9.18 Å². The van der Waals surface area contributed by atoms with Gasteiger partial charge in [0.15, 0.2) is 10.2 Å². The van der Waals surface area contributed by atoms with E-state index in [4.69, 9.17) is 0 Å². The number of amidine groups is 1. The van der Waals surface area contributed by atoms with Crippen LogP contribution < -0.4 is 5.32 Å². The number of nitrogens with one attached hydrogen (secondary N) is 1. The molecule has 1 saturated heterocycles. The second-order valence-electron chi connectivity index (χ2n) is 3.62. The fourth-order valence-corrected chi connectivity index (χ4v) is 2.96. The standard InChI is InChI=1S/C11H7FN4OS2/c12-7-4-2-1-3-6(7)9-15-16-11(19-9)14-10-13-8(17)5-18-10/h1-4H,5H2,(H,13,14,16,17). The van der Waals surface area contributed by atoms with E-state index in [1.165, 1.54) is 29.2 Å². The first kappa shape index (κ1) is 12.2. The summed E-state index contributed by atoms with van der Waals surface area (Å²) in [6, 6.07) is 6.36. The van der Waals surface area contributed by atoms with Gasteiger partial charge in [0.05, 0.1) is 5.75 Å². The molecule has 0 bridgehead atoms. The van der Waals surface area contributed by atoms with Gasteiger partial charge in [0.25, 0.3) is 0 Å². The number of hydrogen-bond acceptors (Lipinski definition) is 6. The zero-order valence-corrected chi connectivity index (χ0v) is 11.1. The third kappa shape index (κ3) is 2.64. The number of carbonyl (C=O) groups is 1. The first-order valence-corrected chi connectivity index (χ1v) is 7.12. The minimum absolute atomic E-state index is 0.0809. The van der Waals surface area contributed by atoms with E-state index in [-0.39, 0.29) is 11.7 Å². The molecule has 8 heteroatoms. The Hall–Kier alpha value is -1.80. The maximum absolute atomic E-state index is 13.6. The summed E-state index contributed by atoms with van der Waals surface area (Å²) >= 11 is 2.48. The van der Waals surface area contributed by atoms with Crippen LogP contribution in [0, 0.1) is 5.82 Å². The number of halogens is 1. The third-order valence-corrected chi connectivity index (χ3v) is 4.03. The normalized spacial score (nSPS) is 16.9. The predicted molar refractivity (Wildman–Crippen MR) is 73.0 cm³/mol. The summed E-state index contributed by atoms with van der Waals surface area (Å²) < 4.78 is 13.6. The molecule has 0 aliphatic carbocycles. The van der Waals surface area contributed by atoms with Gasteiger partial charge in [0.2, 0.25) is 11.0 Å². The molecular formula is C11H7FN4OS2. The number of aromatic nitrogens is 2. The van der Waals surface area contributed by atoms with Crippen LogP contribution in [0.5, 0.6) is 0 Å². The molecule has 0 spiro atoms. The molecule has 0 saturated carbocycles. The number of rotatable bonds is 2. The van der Waals surface area contributed by atoms with E-state index in [2.05, 4.69) is 20.5 Å². The number of thioether (sulfide) groups is 1. The Morgan fingerprint density at radius 3 is 2.89 bits per heavy atom. The van der Waals surface area contributed by atoms with Crippen molar-refractivity contribution in [3.8, 4) is 10.6 Å². The van der Waals surface area contributed by atoms with Crippen LogP contribution in [0.3, 0.4) is 0 Å². The Morgan fingerprint density at radius 2 is 2.16 bits per heavy atom. The van der Waals surface area contributed by atoms with Crippen LogP contribution in [0.2, 0.25) is 0 Å². The highest BCUT2D eigenvalue weighted by molar-refractivity contribution is 8.15. The van der Waals surface area contributed by atoms with E-state index in [0.717, 1.165) is 0 Å². The number of nitrogens with zero attached hydrogens (tertiary/aromatic N) is 3. The van der Waals surface area contributed by atoms with Gasteiger partial charge >= 0.3 is 0 Å². The van der Waals surface area contributed by atoms with Crippen LogP contribution >= 0.6 is 23.1 Å². The average Bonchev–Trinajstić information content (AvgIpc) is 3.00. The van der Waals surface area contributed by atoms with Crippen LogP contribution in [0.25, 0.3) is 10.6 Å². The first-order valence-electron chi connectivity index (χ1n) is 5.32. The fraction of sp³-hybridized carbons (Fsp3) is 0.0909. The summed E-state index contributed by atoms with van der Waals surface area (Å²) in [5.74, 6) is -0.0679. The van der Waals surface area contributed by atoms with Gasteiger partial charge in [0, 0.05) is 5.56 Å². The molecule has 19 heavy (non-hydrogen) atoms. The minimum Gasteiger partial charge on any atom is -0.304 e. The molecule has 2 aromatic rings. The van der Waals surface area contributed by atoms with Crippen LogP contribution in [0.15, 0.2) is 29.3 Å². The molecule has 3 rings (SSSR count). The zero-order chi connectivity index (χ0) is 13.2. The number of hydrogen-bond donors (Lipinski definition) is 1. The van der Waals surface area contributed by atoms with Crippen LogP contribution in [-0.4, -0.2) is 27.0 Å². The van der Waals surface area contributed by atoms with Gasteiger partial charge in [-0.1, -0.05) is 35.2 Å². The number of carbonyl (C=O) groups excluding carboxylic acids is 1. The summed E-state index contributed by atoms with van der Waals surface area (Å²) in [5, 5.41) is 11.7. The van der Waals surface area contributed by atoms with E-state index in [1.54, 1.807) is 18.2 Å². The number of amides is 1. The SMILES string of the molecule is O=C1CSC(=Nc2nnc(-c3ccccc3F)s2)N1. The Morgan fingerprint density at radius 1 is 1.32 bits per heavy atom. The summed E-state index contributed by atoms with van der Waals surface area (Å²) in [5.41, 5.74) is 0.398. The highest BCUT2D eigenvalue weighted by Gasteiger charge is 2.17. The second kappa shape index (κ2) is 5.06. The molecule has 0 atom stereocenters. The lowest BCUT2D eigenvalue weighted by Gasteiger charge is -1.95. The topological polar surface area (TPSA) is 67.2 Å². The van der Waals surface area contributed by atoms with E-state index in [0.29, 0.717) is 26.6 Å². The second-order valence-corrected chi connectivity index (χ2v) is 5.54. The maximum atomic E-state index is 13.6. The lowest BCUT2D eigenvalue weighted by molar-refractivity contribution is -0.116. The van der Waals surface area contributed by atoms with Gasteiger partial charge < -0.3 is 5.32 Å². The predicted octanol–water partition coefficient (Wildman–Crippen LogP) is 2.19. The Bertz CT molecular complexity index is 670. The molecule has 2 heterocycles. The van der Waals surface area contributed by atoms with Crippen molar-refractivity contribution in [2.45, 2.75) is 0 Å². The van der Waals surface area contributed by atoms with Crippen LogP contribution in [-0.2, 0) is 4.79 Å². The summed E-state index contributed by atoms with van der Waals surface area (Å²) in [6.45, 7) is 0. The van der Waals surface area contributed by atoms with Gasteiger partial charge in [-0.25, -0.2) is 4.39 Å². The van der Waals surface area contributed by atoms with Gasteiger partial charge in [-0.05, 0) is 12.1 Å². The Kier molecular flexibility index (Phi) is 3.26. The molecule has 1 aromatic heterocycles. The third-order valence-electron chi connectivity index (χ3n) is 2.30. The first-order chi connectivity index (χ1) is 9.22. The molecule has 0 unspecified atom stereocenters. The van der Waals surface area contributed by atoms with Crippen molar-refractivity contribution in [1.29, 1.82) is 0 Å². The Labute approximate surface area is 116 Å². The number of aliphatic imine (C=N–C) groups is 1. The average molecular weight is 294 g/mol. The molecule has 1 N–H and O–H groups in total. The lowest BCUT2D eigenvalue weighted by atomic mass is 10.2. The van der Waals surface area contributed by atoms with Crippen molar-refractivity contribution in [1.82, 2.24) is 15.5 Å². The van der Waals surface area contributed by atoms with Crippen molar-refractivity contribution >= 4 is 39.3 Å². The molecule has 1 aliphatic rings. The number of benzene rings is 1. The zero-order valence-electron chi connectivity index (χ0n) is 9.46. The van der Waals surface area contributed by atoms with E-state index in [9.17, 15) is 9.18 Å². The van der Waals surface area contributed by atoms with E-state index < -0.39 is 0 Å².